The quantitative estimate of drug-likeness (QED) is 0.191. The van der Waals surface area contributed by atoms with Crippen molar-refractivity contribution < 1.29 is 27.0 Å². The Labute approximate surface area is 178 Å². The molecule has 0 aliphatic carbocycles. The van der Waals surface area contributed by atoms with Crippen LogP contribution in [-0.4, -0.2) is 46.2 Å². The summed E-state index contributed by atoms with van der Waals surface area (Å²) in [7, 11) is -9.83. The monoisotopic (exact) mass is 536 g/mol. The molecule has 0 amide bonds. The van der Waals surface area contributed by atoms with E-state index in [2.05, 4.69) is 87.2 Å². The molecule has 0 atom stereocenters. The summed E-state index contributed by atoms with van der Waals surface area (Å²) >= 11 is 3.01. The molecule has 0 heterocycles. The minimum atomic E-state index is -3.90. The van der Waals surface area contributed by atoms with Crippen molar-refractivity contribution in [3.05, 3.63) is 0 Å². The largest absolute Gasteiger partial charge is 0.356 e. The topological polar surface area (TPSA) is 85.2 Å². The number of alkyl halides is 1. The Morgan fingerprint density at radius 1 is 0.852 bits per heavy atom. The van der Waals surface area contributed by atoms with Crippen molar-refractivity contribution in [1.82, 2.24) is 0 Å². The fourth-order valence-electron chi connectivity index (χ4n) is 0.846. The third-order valence-electron chi connectivity index (χ3n) is 1.42. The Kier molecular flexibility index (Phi) is 17.6. The van der Waals surface area contributed by atoms with Gasteiger partial charge in [-0.05, 0) is 58.9 Å². The Balaban J connectivity index is -0.000000431. The lowest BCUT2D eigenvalue weighted by Crippen LogP contribution is -2.32. The maximum absolute atomic E-state index is 9.78. The molecule has 0 aliphatic heterocycles. The van der Waals surface area contributed by atoms with E-state index in [1.54, 1.807) is 0 Å². The first-order valence-corrected chi connectivity index (χ1v) is 22.3. The Hall–Kier alpha value is 0.711. The van der Waals surface area contributed by atoms with Gasteiger partial charge in [-0.25, -0.2) is 0 Å². The van der Waals surface area contributed by atoms with E-state index < -0.39 is 47.3 Å². The van der Waals surface area contributed by atoms with Crippen LogP contribution in [0.5, 0.6) is 0 Å². The van der Waals surface area contributed by atoms with Crippen LogP contribution in [-0.2, 0) is 17.2 Å². The van der Waals surface area contributed by atoms with Gasteiger partial charge in [-0.3, -0.25) is 4.57 Å². The molecule has 0 aromatic rings. The van der Waals surface area contributed by atoms with Crippen LogP contribution < -0.4 is 0 Å². The van der Waals surface area contributed by atoms with Crippen LogP contribution in [0.3, 0.4) is 0 Å². The van der Waals surface area contributed by atoms with Crippen LogP contribution in [0.1, 0.15) is 0 Å². The van der Waals surface area contributed by atoms with E-state index in [1.165, 1.54) is 0 Å². The molecule has 0 aromatic heterocycles. The van der Waals surface area contributed by atoms with Gasteiger partial charge < -0.3 is 22.4 Å². The van der Waals surface area contributed by atoms with Crippen molar-refractivity contribution >= 4 is 57.1 Å². The van der Waals surface area contributed by atoms with Gasteiger partial charge in [0.1, 0.15) is 6.16 Å². The molecule has 0 bridgehead atoms. The number of hydrogen-bond donors (Lipinski definition) is 2. The van der Waals surface area contributed by atoms with Crippen LogP contribution >= 0.6 is 32.1 Å². The van der Waals surface area contributed by atoms with Crippen molar-refractivity contribution in [2.24, 2.45) is 0 Å². The van der Waals surface area contributed by atoms with E-state index >= 15 is 0 Å². The molecule has 0 rings (SSSR count). The molecule has 27 heavy (non-hydrogen) atoms. The summed E-state index contributed by atoms with van der Waals surface area (Å²) in [4.78, 5) is 16.0. The summed E-state index contributed by atoms with van der Waals surface area (Å²) in [5, 5.41) is 0.660. The molecule has 0 aliphatic rings. The van der Waals surface area contributed by atoms with Crippen molar-refractivity contribution in [2.75, 3.05) is 11.5 Å². The standard InChI is InChI=1S/C9H27O3PSi3.C3H3Br.C3H5O3P/c1-14(2,3)10-13(11-15(4,5)6)12-16(7,8)9;1-2-3-4;1-2-3-7(4,5)6/h1-9H3;1H,3H2;1H,3H2,(H2,4,5,6). The van der Waals surface area contributed by atoms with Crippen molar-refractivity contribution in [1.29, 1.82) is 0 Å². The van der Waals surface area contributed by atoms with Gasteiger partial charge >= 0.3 is 7.60 Å². The van der Waals surface area contributed by atoms with Gasteiger partial charge in [0.2, 0.25) is 0 Å². The third kappa shape index (κ3) is 38.0. The zero-order valence-electron chi connectivity index (χ0n) is 17.9. The van der Waals surface area contributed by atoms with Crippen molar-refractivity contribution in [3.63, 3.8) is 0 Å². The minimum absolute atomic E-state index is 0.465. The molecule has 0 unspecified atom stereocenters. The molecule has 0 fully saturated rings. The van der Waals surface area contributed by atoms with Crippen LogP contribution in [0.25, 0.3) is 0 Å². The fraction of sp³-hybridized carbons (Fsp3) is 0.733. The molecule has 6 nitrogen and oxygen atoms in total. The van der Waals surface area contributed by atoms with Gasteiger partial charge in [-0.2, -0.15) is 0 Å². The molecule has 0 saturated heterocycles. The number of terminal acetylenes is 2. The fourth-order valence-corrected chi connectivity index (χ4v) is 7.90. The average molecular weight is 538 g/mol. The Morgan fingerprint density at radius 2 is 1.11 bits per heavy atom. The summed E-state index contributed by atoms with van der Waals surface area (Å²) in [6, 6.07) is 0. The van der Waals surface area contributed by atoms with Crippen molar-refractivity contribution in [2.45, 2.75) is 58.9 Å². The lowest BCUT2D eigenvalue weighted by atomic mass is 10.8. The van der Waals surface area contributed by atoms with Gasteiger partial charge in [0.05, 0.1) is 5.33 Å². The number of halogens is 1. The van der Waals surface area contributed by atoms with Gasteiger partial charge in [0.15, 0.2) is 25.0 Å². The normalized spacial score (nSPS) is 12.1. The highest BCUT2D eigenvalue weighted by molar-refractivity contribution is 9.09. The predicted octanol–water partition coefficient (Wildman–Crippen LogP) is 5.58. The number of hydrogen-bond acceptors (Lipinski definition) is 4. The summed E-state index contributed by atoms with van der Waals surface area (Å²) in [6.45, 7) is 19.5. The Morgan fingerprint density at radius 3 is 1.19 bits per heavy atom. The maximum Gasteiger partial charge on any atom is 0.337 e. The molecule has 0 spiro atoms. The summed E-state index contributed by atoms with van der Waals surface area (Å²) in [5.74, 6) is 4.19. The molecule has 0 saturated carbocycles. The summed E-state index contributed by atoms with van der Waals surface area (Å²) < 4.78 is 27.8. The molecular formula is C15H35BrO6P2Si3. The molecule has 0 radical (unpaired) electrons. The van der Waals surface area contributed by atoms with E-state index in [9.17, 15) is 4.57 Å². The van der Waals surface area contributed by atoms with Gasteiger partial charge in [-0.15, -0.1) is 12.8 Å². The lowest BCUT2D eigenvalue weighted by molar-refractivity contribution is 0.377. The first-order valence-electron chi connectivity index (χ1n) is 8.11. The zero-order valence-corrected chi connectivity index (χ0v) is 24.2. The van der Waals surface area contributed by atoms with Gasteiger partial charge in [-0.1, -0.05) is 27.8 Å². The molecule has 2 N–H and O–H groups in total. The summed E-state index contributed by atoms with van der Waals surface area (Å²) in [6.07, 6.45) is 8.84. The molecule has 12 heteroatoms. The second-order valence-corrected chi connectivity index (χ2v) is 25.7. The van der Waals surface area contributed by atoms with E-state index in [1.807, 2.05) is 5.92 Å². The lowest BCUT2D eigenvalue weighted by Gasteiger charge is -2.32. The van der Waals surface area contributed by atoms with Crippen LogP contribution in [0.4, 0.5) is 0 Å². The average Bonchev–Trinajstić information content (AvgIpc) is 2.31. The van der Waals surface area contributed by atoms with E-state index in [0.29, 0.717) is 5.33 Å². The van der Waals surface area contributed by atoms with Crippen LogP contribution in [0, 0.1) is 24.7 Å². The van der Waals surface area contributed by atoms with E-state index in [0.717, 1.165) is 0 Å². The maximum atomic E-state index is 9.78. The first kappa shape index (κ1) is 32.4. The Bertz CT molecular complexity index is 486. The second kappa shape index (κ2) is 14.7. The molecule has 160 valence electrons. The van der Waals surface area contributed by atoms with Crippen molar-refractivity contribution in [3.8, 4) is 24.7 Å². The first-order chi connectivity index (χ1) is 11.8. The van der Waals surface area contributed by atoms with Gasteiger partial charge in [0.25, 0.3) is 8.60 Å². The van der Waals surface area contributed by atoms with Crippen LogP contribution in [0.15, 0.2) is 0 Å². The minimum Gasteiger partial charge on any atom is -0.356 e. The third-order valence-corrected chi connectivity index (χ3v) is 10.7. The highest BCUT2D eigenvalue weighted by atomic mass is 79.9. The zero-order chi connectivity index (χ0) is 22.5. The highest BCUT2D eigenvalue weighted by Crippen LogP contribution is 2.47. The van der Waals surface area contributed by atoms with Crippen LogP contribution in [0.2, 0.25) is 58.9 Å². The SMILES string of the molecule is C#CCBr.C#CCP(=O)(O)O.C[Si](C)(C)OP(O[Si](C)(C)C)O[Si](C)(C)C. The van der Waals surface area contributed by atoms with E-state index in [-0.39, 0.29) is 0 Å². The summed E-state index contributed by atoms with van der Waals surface area (Å²) in [5.41, 5.74) is 0. The van der Waals surface area contributed by atoms with Gasteiger partial charge in [0, 0.05) is 0 Å². The second-order valence-electron chi connectivity index (χ2n) is 8.20. The number of rotatable bonds is 7. The van der Waals surface area contributed by atoms with E-state index in [4.69, 9.17) is 28.8 Å². The molecular weight excluding hydrogens is 502 g/mol. The molecule has 0 aromatic carbocycles. The highest BCUT2D eigenvalue weighted by Gasteiger charge is 2.32. The predicted molar refractivity (Wildman–Crippen MR) is 129 cm³/mol. The smallest absolute Gasteiger partial charge is 0.337 e.